The minimum atomic E-state index is -0.242. The summed E-state index contributed by atoms with van der Waals surface area (Å²) in [5, 5.41) is 0. The maximum Gasteiger partial charge on any atom is 0.255 e. The summed E-state index contributed by atoms with van der Waals surface area (Å²) in [6.07, 6.45) is 11.7. The summed E-state index contributed by atoms with van der Waals surface area (Å²) < 4.78 is 0. The number of hydrogen-bond acceptors (Lipinski definition) is 4. The third kappa shape index (κ3) is 4.81. The van der Waals surface area contributed by atoms with Gasteiger partial charge < -0.3 is 9.88 Å². The molecule has 0 saturated heterocycles. The number of aryl methyl sites for hydroxylation is 1. The van der Waals surface area contributed by atoms with E-state index in [-0.39, 0.29) is 23.9 Å². The Kier molecular flexibility index (Phi) is 6.37. The fourth-order valence-corrected chi connectivity index (χ4v) is 3.77. The molecule has 2 heterocycles. The molecule has 1 aliphatic carbocycles. The number of rotatable bonds is 4. The molecule has 6 nitrogen and oxygen atoms in total. The average molecular weight is 368 g/mol. The largest absolute Gasteiger partial charge is 0.342 e. The van der Waals surface area contributed by atoms with Crippen LogP contribution in [0, 0.1) is 6.92 Å². The summed E-state index contributed by atoms with van der Waals surface area (Å²) in [7, 11) is 1.87. The molecule has 6 heteroatoms. The number of aromatic amines is 1. The van der Waals surface area contributed by atoms with Crippen molar-refractivity contribution in [1.82, 2.24) is 19.9 Å². The summed E-state index contributed by atoms with van der Waals surface area (Å²) in [5.41, 5.74) is 1.61. The van der Waals surface area contributed by atoms with Gasteiger partial charge in [0.25, 0.3) is 5.56 Å². The summed E-state index contributed by atoms with van der Waals surface area (Å²) in [6, 6.07) is 3.87. The molecule has 0 aliphatic heterocycles. The van der Waals surface area contributed by atoms with E-state index in [2.05, 4.69) is 15.0 Å². The highest BCUT2D eigenvalue weighted by Crippen LogP contribution is 2.21. The molecule has 1 N–H and O–H groups in total. The van der Waals surface area contributed by atoms with Crippen LogP contribution in [-0.2, 0) is 11.2 Å². The van der Waals surface area contributed by atoms with E-state index in [0.29, 0.717) is 17.1 Å². The molecule has 0 unspecified atom stereocenters. The highest BCUT2D eigenvalue weighted by atomic mass is 16.2. The van der Waals surface area contributed by atoms with Crippen LogP contribution in [0.2, 0.25) is 0 Å². The van der Waals surface area contributed by atoms with Gasteiger partial charge in [-0.3, -0.25) is 14.6 Å². The molecule has 2 aromatic heterocycles. The number of H-pyrrole nitrogens is 1. The van der Waals surface area contributed by atoms with E-state index in [9.17, 15) is 9.59 Å². The van der Waals surface area contributed by atoms with E-state index >= 15 is 0 Å². The molecule has 27 heavy (non-hydrogen) atoms. The molecule has 0 aromatic carbocycles. The quantitative estimate of drug-likeness (QED) is 0.898. The SMILES string of the molecule is Cc1nc(-c2ccncc2)[nH]c(=O)c1CC(=O)N(C)C1CCCCCCC1. The molecule has 0 spiro atoms. The first-order valence-corrected chi connectivity index (χ1v) is 9.82. The Morgan fingerprint density at radius 2 is 1.78 bits per heavy atom. The standard InChI is InChI=1S/C21H28N4O2/c1-15-18(21(27)24-20(23-15)16-10-12-22-13-11-16)14-19(26)25(2)17-8-6-4-3-5-7-9-17/h10-13,17H,3-9,14H2,1-2H3,(H,23,24,27). The van der Waals surface area contributed by atoms with Gasteiger partial charge in [0.05, 0.1) is 6.42 Å². The maximum atomic E-state index is 12.8. The maximum absolute atomic E-state index is 12.8. The second kappa shape index (κ2) is 8.93. The van der Waals surface area contributed by atoms with Crippen LogP contribution < -0.4 is 5.56 Å². The summed E-state index contributed by atoms with van der Waals surface area (Å²) in [5.74, 6) is 0.497. The van der Waals surface area contributed by atoms with Crippen molar-refractivity contribution in [3.8, 4) is 11.4 Å². The highest BCUT2D eigenvalue weighted by Gasteiger charge is 2.22. The predicted molar refractivity (Wildman–Crippen MR) is 105 cm³/mol. The third-order valence-electron chi connectivity index (χ3n) is 5.52. The average Bonchev–Trinajstić information content (AvgIpc) is 2.64. The highest BCUT2D eigenvalue weighted by molar-refractivity contribution is 5.79. The predicted octanol–water partition coefficient (Wildman–Crippen LogP) is 3.25. The second-order valence-electron chi connectivity index (χ2n) is 7.39. The molecule has 1 saturated carbocycles. The van der Waals surface area contributed by atoms with Gasteiger partial charge in [0.2, 0.25) is 5.91 Å². The molecule has 1 aliphatic rings. The van der Waals surface area contributed by atoms with Gasteiger partial charge in [-0.15, -0.1) is 0 Å². The van der Waals surface area contributed by atoms with Crippen molar-refractivity contribution in [3.63, 3.8) is 0 Å². The van der Waals surface area contributed by atoms with E-state index in [4.69, 9.17) is 0 Å². The fourth-order valence-electron chi connectivity index (χ4n) is 3.77. The minimum absolute atomic E-state index is 0.00682. The van der Waals surface area contributed by atoms with Crippen LogP contribution in [0.15, 0.2) is 29.3 Å². The van der Waals surface area contributed by atoms with Gasteiger partial charge >= 0.3 is 0 Å². The molecule has 144 valence electrons. The lowest BCUT2D eigenvalue weighted by molar-refractivity contribution is -0.131. The number of hydrogen-bond donors (Lipinski definition) is 1. The molecule has 0 atom stereocenters. The molecule has 0 bridgehead atoms. The van der Waals surface area contributed by atoms with Gasteiger partial charge in [-0.05, 0) is 31.9 Å². The first-order valence-electron chi connectivity index (χ1n) is 9.82. The van der Waals surface area contributed by atoms with Gasteiger partial charge in [-0.25, -0.2) is 4.98 Å². The number of likely N-dealkylation sites (N-methyl/N-ethyl adjacent to an activating group) is 1. The van der Waals surface area contributed by atoms with Gasteiger partial charge in [-0.2, -0.15) is 0 Å². The van der Waals surface area contributed by atoms with Crippen LogP contribution in [0.3, 0.4) is 0 Å². The van der Waals surface area contributed by atoms with Crippen LogP contribution in [-0.4, -0.2) is 38.8 Å². The number of carbonyl (C=O) groups excluding carboxylic acids is 1. The molecule has 1 fully saturated rings. The van der Waals surface area contributed by atoms with E-state index in [1.54, 1.807) is 31.5 Å². The normalized spacial score (nSPS) is 15.8. The molecule has 3 rings (SSSR count). The smallest absolute Gasteiger partial charge is 0.255 e. The van der Waals surface area contributed by atoms with Crippen molar-refractivity contribution in [3.05, 3.63) is 46.1 Å². The molecule has 1 amide bonds. The topological polar surface area (TPSA) is 79.0 Å². The lowest BCUT2D eigenvalue weighted by atomic mass is 9.95. The fraction of sp³-hybridized carbons (Fsp3) is 0.524. The number of nitrogens with zero attached hydrogens (tertiary/aromatic N) is 3. The number of carbonyl (C=O) groups is 1. The lowest BCUT2D eigenvalue weighted by Gasteiger charge is -2.30. The molecule has 2 aromatic rings. The Bertz CT molecular complexity index is 824. The van der Waals surface area contributed by atoms with Crippen molar-refractivity contribution in [2.75, 3.05) is 7.05 Å². The zero-order valence-corrected chi connectivity index (χ0v) is 16.2. The molecular weight excluding hydrogens is 340 g/mol. The van der Waals surface area contributed by atoms with Crippen LogP contribution in [0.4, 0.5) is 0 Å². The van der Waals surface area contributed by atoms with E-state index in [1.807, 2.05) is 11.9 Å². The zero-order chi connectivity index (χ0) is 19.2. The Labute approximate surface area is 160 Å². The first-order chi connectivity index (χ1) is 13.1. The number of amides is 1. The van der Waals surface area contributed by atoms with Gasteiger partial charge in [-0.1, -0.05) is 32.1 Å². The van der Waals surface area contributed by atoms with E-state index in [0.717, 1.165) is 18.4 Å². The van der Waals surface area contributed by atoms with Crippen LogP contribution in [0.25, 0.3) is 11.4 Å². The van der Waals surface area contributed by atoms with Crippen molar-refractivity contribution < 1.29 is 4.79 Å². The Morgan fingerprint density at radius 1 is 1.15 bits per heavy atom. The zero-order valence-electron chi connectivity index (χ0n) is 16.2. The third-order valence-corrected chi connectivity index (χ3v) is 5.52. The van der Waals surface area contributed by atoms with Crippen molar-refractivity contribution in [2.24, 2.45) is 0 Å². The van der Waals surface area contributed by atoms with Gasteiger partial charge in [0.15, 0.2) is 0 Å². The number of aromatic nitrogens is 3. The first kappa shape index (κ1) is 19.3. The van der Waals surface area contributed by atoms with Crippen molar-refractivity contribution in [1.29, 1.82) is 0 Å². The number of nitrogens with one attached hydrogen (secondary N) is 1. The van der Waals surface area contributed by atoms with E-state index < -0.39 is 0 Å². The summed E-state index contributed by atoms with van der Waals surface area (Å²) in [6.45, 7) is 1.79. The van der Waals surface area contributed by atoms with E-state index in [1.165, 1.54) is 32.1 Å². The summed E-state index contributed by atoms with van der Waals surface area (Å²) in [4.78, 5) is 38.5. The van der Waals surface area contributed by atoms with Crippen LogP contribution in [0.1, 0.15) is 56.2 Å². The molecule has 0 radical (unpaired) electrons. The van der Waals surface area contributed by atoms with Gasteiger partial charge in [0.1, 0.15) is 5.82 Å². The number of pyridine rings is 1. The molecular formula is C21H28N4O2. The van der Waals surface area contributed by atoms with Crippen LogP contribution in [0.5, 0.6) is 0 Å². The lowest BCUT2D eigenvalue weighted by Crippen LogP contribution is -2.39. The minimum Gasteiger partial charge on any atom is -0.342 e. The van der Waals surface area contributed by atoms with Crippen molar-refractivity contribution >= 4 is 5.91 Å². The van der Waals surface area contributed by atoms with Crippen molar-refractivity contribution in [2.45, 2.75) is 64.3 Å². The second-order valence-corrected chi connectivity index (χ2v) is 7.39. The van der Waals surface area contributed by atoms with Crippen LogP contribution >= 0.6 is 0 Å². The Morgan fingerprint density at radius 3 is 2.41 bits per heavy atom. The van der Waals surface area contributed by atoms with Gasteiger partial charge in [0, 0.05) is 42.3 Å². The Balaban J connectivity index is 1.74. The monoisotopic (exact) mass is 368 g/mol. The summed E-state index contributed by atoms with van der Waals surface area (Å²) >= 11 is 0. The Hall–Kier alpha value is -2.50.